The van der Waals surface area contributed by atoms with Crippen molar-refractivity contribution < 1.29 is 4.79 Å². The van der Waals surface area contributed by atoms with Crippen molar-refractivity contribution in [2.75, 3.05) is 0 Å². The molecule has 4 nitrogen and oxygen atoms in total. The topological polar surface area (TPSA) is 52.0 Å². The Bertz CT molecular complexity index is 957. The zero-order valence-corrected chi connectivity index (χ0v) is 15.4. The summed E-state index contributed by atoms with van der Waals surface area (Å²) in [6, 6.07) is 7.34. The fourth-order valence-corrected chi connectivity index (χ4v) is 3.82. The third kappa shape index (κ3) is 2.77. The molecule has 0 bridgehead atoms. The normalized spacial score (nSPS) is 12.5. The summed E-state index contributed by atoms with van der Waals surface area (Å²) in [4.78, 5) is 30.7. The van der Waals surface area contributed by atoms with Gasteiger partial charge in [-0.25, -0.2) is 4.98 Å². The molecule has 0 N–H and O–H groups in total. The molecule has 2 heterocycles. The van der Waals surface area contributed by atoms with Crippen molar-refractivity contribution in [2.24, 2.45) is 0 Å². The van der Waals surface area contributed by atoms with E-state index >= 15 is 0 Å². The highest BCUT2D eigenvalue weighted by atomic mass is 79.9. The number of hydrogen-bond donors (Lipinski definition) is 0. The van der Waals surface area contributed by atoms with Gasteiger partial charge in [-0.2, -0.15) is 0 Å². The summed E-state index contributed by atoms with van der Waals surface area (Å²) in [5, 5.41) is 0.588. The summed E-state index contributed by atoms with van der Waals surface area (Å²) in [6.45, 7) is 5.19. The quantitative estimate of drug-likeness (QED) is 0.667. The van der Waals surface area contributed by atoms with Crippen LogP contribution in [0.15, 0.2) is 39.9 Å². The van der Waals surface area contributed by atoms with E-state index in [1.807, 2.05) is 31.2 Å². The van der Waals surface area contributed by atoms with Gasteiger partial charge in [0, 0.05) is 14.9 Å². The number of aromatic nitrogens is 2. The molecule has 0 spiro atoms. The molecular weight excluding hydrogens is 376 g/mol. The highest BCUT2D eigenvalue weighted by Crippen LogP contribution is 2.36. The lowest BCUT2D eigenvalue weighted by molar-refractivity contribution is -0.119. The van der Waals surface area contributed by atoms with E-state index < -0.39 is 6.04 Å². The van der Waals surface area contributed by atoms with E-state index in [0.29, 0.717) is 10.2 Å². The highest BCUT2D eigenvalue weighted by molar-refractivity contribution is 9.10. The van der Waals surface area contributed by atoms with Gasteiger partial charge in [0.05, 0.1) is 17.8 Å². The molecule has 3 rings (SSSR count). The van der Waals surface area contributed by atoms with E-state index in [9.17, 15) is 9.59 Å². The molecule has 0 aliphatic rings. The van der Waals surface area contributed by atoms with E-state index in [1.165, 1.54) is 29.2 Å². The first-order chi connectivity index (χ1) is 10.9. The molecule has 0 fully saturated rings. The van der Waals surface area contributed by atoms with Gasteiger partial charge >= 0.3 is 0 Å². The molecule has 1 atom stereocenters. The fraction of sp³-hybridized carbons (Fsp3) is 0.235. The number of fused-ring (bicyclic) bond motifs is 1. The van der Waals surface area contributed by atoms with Crippen molar-refractivity contribution in [3.05, 3.63) is 50.3 Å². The van der Waals surface area contributed by atoms with Crippen LogP contribution in [-0.4, -0.2) is 15.3 Å². The predicted octanol–water partition coefficient (Wildman–Crippen LogP) is 4.35. The first kappa shape index (κ1) is 16.1. The lowest BCUT2D eigenvalue weighted by Crippen LogP contribution is -2.27. The Morgan fingerprint density at radius 3 is 2.57 bits per heavy atom. The van der Waals surface area contributed by atoms with Gasteiger partial charge < -0.3 is 0 Å². The number of halogens is 1. The Morgan fingerprint density at radius 2 is 1.96 bits per heavy atom. The van der Waals surface area contributed by atoms with Gasteiger partial charge in [0.25, 0.3) is 5.56 Å². The summed E-state index contributed by atoms with van der Waals surface area (Å²) >= 11 is 4.92. The molecule has 6 heteroatoms. The minimum atomic E-state index is -0.516. The van der Waals surface area contributed by atoms with Gasteiger partial charge in [-0.05, 0) is 38.5 Å². The number of Topliss-reactive ketones (excluding diaryl/α,β-unsaturated/α-hetero) is 1. The van der Waals surface area contributed by atoms with Crippen molar-refractivity contribution >= 4 is 43.3 Å². The Balaban J connectivity index is 2.32. The van der Waals surface area contributed by atoms with E-state index in [2.05, 4.69) is 20.9 Å². The molecule has 0 aliphatic carbocycles. The van der Waals surface area contributed by atoms with Crippen molar-refractivity contribution in [1.82, 2.24) is 9.55 Å². The Hall–Kier alpha value is -1.79. The first-order valence-electron chi connectivity index (χ1n) is 7.16. The summed E-state index contributed by atoms with van der Waals surface area (Å²) < 4.78 is 2.40. The van der Waals surface area contributed by atoms with Crippen LogP contribution in [0.3, 0.4) is 0 Å². The average molecular weight is 391 g/mol. The third-order valence-corrected chi connectivity index (χ3v) is 5.49. The molecule has 118 valence electrons. The van der Waals surface area contributed by atoms with E-state index in [0.717, 1.165) is 20.5 Å². The maximum absolute atomic E-state index is 12.9. The number of rotatable bonds is 3. The molecule has 0 saturated carbocycles. The molecule has 0 saturated heterocycles. The highest BCUT2D eigenvalue weighted by Gasteiger charge is 2.19. The van der Waals surface area contributed by atoms with Crippen LogP contribution < -0.4 is 5.56 Å². The molecule has 0 amide bonds. The number of carbonyl (C=O) groups is 1. The summed E-state index contributed by atoms with van der Waals surface area (Å²) in [5.74, 6) is -0.0645. The zero-order chi connectivity index (χ0) is 16.7. The van der Waals surface area contributed by atoms with Crippen molar-refractivity contribution in [1.29, 1.82) is 0 Å². The standard InChI is InChI=1S/C17H15BrN2O2S/c1-9(10(2)21)20-8-19-16-15(17(20)22)14(11(3)23-16)12-4-6-13(18)7-5-12/h4-9H,1-3H3. The number of ketones is 1. The second-order valence-electron chi connectivity index (χ2n) is 5.46. The summed E-state index contributed by atoms with van der Waals surface area (Å²) in [7, 11) is 0. The van der Waals surface area contributed by atoms with Crippen LogP contribution in [0, 0.1) is 6.92 Å². The van der Waals surface area contributed by atoms with Crippen molar-refractivity contribution in [3.8, 4) is 11.1 Å². The second kappa shape index (κ2) is 6.02. The number of benzene rings is 1. The lowest BCUT2D eigenvalue weighted by Gasteiger charge is -2.11. The van der Waals surface area contributed by atoms with Gasteiger partial charge in [0.1, 0.15) is 4.83 Å². The summed E-state index contributed by atoms with van der Waals surface area (Å²) in [5.41, 5.74) is 1.71. The fourth-order valence-electron chi connectivity index (χ4n) is 2.55. The predicted molar refractivity (Wildman–Crippen MR) is 97.1 cm³/mol. The van der Waals surface area contributed by atoms with E-state index in [-0.39, 0.29) is 11.3 Å². The van der Waals surface area contributed by atoms with Crippen LogP contribution in [0.4, 0.5) is 0 Å². The molecule has 3 aromatic rings. The van der Waals surface area contributed by atoms with Crippen LogP contribution in [-0.2, 0) is 4.79 Å². The van der Waals surface area contributed by atoms with Crippen LogP contribution in [0.1, 0.15) is 24.8 Å². The maximum atomic E-state index is 12.9. The first-order valence-corrected chi connectivity index (χ1v) is 8.77. The number of thiophene rings is 1. The molecule has 1 unspecified atom stereocenters. The monoisotopic (exact) mass is 390 g/mol. The van der Waals surface area contributed by atoms with Crippen LogP contribution in [0.25, 0.3) is 21.3 Å². The van der Waals surface area contributed by atoms with E-state index in [1.54, 1.807) is 6.92 Å². The number of aryl methyl sites for hydroxylation is 1. The Labute approximate surface area is 145 Å². The van der Waals surface area contributed by atoms with Crippen molar-refractivity contribution in [3.63, 3.8) is 0 Å². The van der Waals surface area contributed by atoms with Gasteiger partial charge in [-0.3, -0.25) is 14.2 Å². The second-order valence-corrected chi connectivity index (χ2v) is 7.58. The minimum absolute atomic E-state index is 0.0645. The SMILES string of the molecule is CC(=O)C(C)n1cnc2sc(C)c(-c3ccc(Br)cc3)c2c1=O. The maximum Gasteiger partial charge on any atom is 0.263 e. The smallest absolute Gasteiger partial charge is 0.263 e. The molecule has 1 aromatic carbocycles. The molecule has 23 heavy (non-hydrogen) atoms. The van der Waals surface area contributed by atoms with E-state index in [4.69, 9.17) is 0 Å². The lowest BCUT2D eigenvalue weighted by atomic mass is 10.0. The number of nitrogens with zero attached hydrogens (tertiary/aromatic N) is 2. The molecule has 0 aliphatic heterocycles. The van der Waals surface area contributed by atoms with Crippen LogP contribution >= 0.6 is 27.3 Å². The summed E-state index contributed by atoms with van der Waals surface area (Å²) in [6.07, 6.45) is 1.47. The zero-order valence-electron chi connectivity index (χ0n) is 13.0. The van der Waals surface area contributed by atoms with Crippen LogP contribution in [0.5, 0.6) is 0 Å². The van der Waals surface area contributed by atoms with Gasteiger partial charge in [-0.15, -0.1) is 11.3 Å². The van der Waals surface area contributed by atoms with Crippen LogP contribution in [0.2, 0.25) is 0 Å². The Kier molecular flexibility index (Phi) is 4.21. The van der Waals surface area contributed by atoms with Gasteiger partial charge in [0.15, 0.2) is 5.78 Å². The minimum Gasteiger partial charge on any atom is -0.298 e. The van der Waals surface area contributed by atoms with Gasteiger partial charge in [-0.1, -0.05) is 28.1 Å². The number of carbonyl (C=O) groups excluding carboxylic acids is 1. The molecule has 2 aromatic heterocycles. The number of hydrogen-bond acceptors (Lipinski definition) is 4. The molecular formula is C17H15BrN2O2S. The third-order valence-electron chi connectivity index (χ3n) is 3.95. The average Bonchev–Trinajstić information content (AvgIpc) is 2.85. The molecule has 0 radical (unpaired) electrons. The Morgan fingerprint density at radius 1 is 1.30 bits per heavy atom. The van der Waals surface area contributed by atoms with Crippen molar-refractivity contribution in [2.45, 2.75) is 26.8 Å². The largest absolute Gasteiger partial charge is 0.298 e. The van der Waals surface area contributed by atoms with Gasteiger partial charge in [0.2, 0.25) is 0 Å².